The molecule has 100 valence electrons. The van der Waals surface area contributed by atoms with Crippen molar-refractivity contribution >= 4 is 6.03 Å². The van der Waals surface area contributed by atoms with Crippen LogP contribution in [0.2, 0.25) is 0 Å². The predicted octanol–water partition coefficient (Wildman–Crippen LogP) is 1.01. The van der Waals surface area contributed by atoms with Crippen LogP contribution in [0.1, 0.15) is 39.0 Å². The molecule has 5 nitrogen and oxygen atoms in total. The summed E-state index contributed by atoms with van der Waals surface area (Å²) < 4.78 is 5.02. The Morgan fingerprint density at radius 3 is 2.59 bits per heavy atom. The monoisotopic (exact) mass is 244 g/mol. The second kappa shape index (κ2) is 7.50. The molecule has 0 saturated heterocycles. The third-order valence-corrected chi connectivity index (χ3v) is 3.23. The molecule has 1 aliphatic carbocycles. The van der Waals surface area contributed by atoms with Gasteiger partial charge < -0.3 is 20.5 Å². The minimum absolute atomic E-state index is 0.0641. The van der Waals surface area contributed by atoms with Gasteiger partial charge in [0.25, 0.3) is 0 Å². The maximum absolute atomic E-state index is 11.7. The quantitative estimate of drug-likeness (QED) is 0.676. The Labute approximate surface area is 103 Å². The van der Waals surface area contributed by atoms with E-state index in [2.05, 4.69) is 10.6 Å². The molecule has 3 N–H and O–H groups in total. The summed E-state index contributed by atoms with van der Waals surface area (Å²) in [6.07, 6.45) is 3.93. The van der Waals surface area contributed by atoms with E-state index in [-0.39, 0.29) is 24.2 Å². The van der Waals surface area contributed by atoms with E-state index < -0.39 is 0 Å². The minimum Gasteiger partial charge on any atom is -0.393 e. The molecular weight excluding hydrogens is 220 g/mol. The van der Waals surface area contributed by atoms with Gasteiger partial charge in [-0.1, -0.05) is 6.92 Å². The molecule has 0 spiro atoms. The first-order chi connectivity index (χ1) is 8.15. The van der Waals surface area contributed by atoms with Crippen molar-refractivity contribution in [3.8, 4) is 0 Å². The normalized spacial score (nSPS) is 26.3. The first kappa shape index (κ1) is 14.3. The maximum Gasteiger partial charge on any atom is 0.315 e. The molecule has 1 rings (SSSR count). The zero-order valence-corrected chi connectivity index (χ0v) is 10.7. The third kappa shape index (κ3) is 5.37. The second-order valence-electron chi connectivity index (χ2n) is 4.68. The topological polar surface area (TPSA) is 70.6 Å². The van der Waals surface area contributed by atoms with Gasteiger partial charge in [0.1, 0.15) is 0 Å². The van der Waals surface area contributed by atoms with Crippen molar-refractivity contribution in [1.82, 2.24) is 10.6 Å². The standard InChI is InChI=1S/C12H24N2O3/c1-3-9(8-17-2)13-12(16)14-10-4-6-11(15)7-5-10/h9-11,15H,3-8H2,1-2H3,(H2,13,14,16). The Morgan fingerprint density at radius 1 is 1.41 bits per heavy atom. The lowest BCUT2D eigenvalue weighted by atomic mass is 9.93. The van der Waals surface area contributed by atoms with E-state index in [0.717, 1.165) is 32.1 Å². The zero-order chi connectivity index (χ0) is 12.7. The number of nitrogens with one attached hydrogen (secondary N) is 2. The number of aliphatic hydroxyl groups is 1. The highest BCUT2D eigenvalue weighted by molar-refractivity contribution is 5.74. The highest BCUT2D eigenvalue weighted by atomic mass is 16.5. The summed E-state index contributed by atoms with van der Waals surface area (Å²) in [5.41, 5.74) is 0. The van der Waals surface area contributed by atoms with E-state index in [1.807, 2.05) is 6.92 Å². The zero-order valence-electron chi connectivity index (χ0n) is 10.7. The number of amides is 2. The van der Waals surface area contributed by atoms with Gasteiger partial charge in [-0.05, 0) is 32.1 Å². The molecular formula is C12H24N2O3. The van der Waals surface area contributed by atoms with Gasteiger partial charge in [0.05, 0.1) is 18.8 Å². The van der Waals surface area contributed by atoms with Crippen LogP contribution in [-0.2, 0) is 4.74 Å². The van der Waals surface area contributed by atoms with Crippen LogP contribution in [0.15, 0.2) is 0 Å². The number of hydrogen-bond acceptors (Lipinski definition) is 3. The minimum atomic E-state index is -0.187. The van der Waals surface area contributed by atoms with Gasteiger partial charge in [0.2, 0.25) is 0 Å². The average Bonchev–Trinajstić information content (AvgIpc) is 2.31. The van der Waals surface area contributed by atoms with Gasteiger partial charge in [0, 0.05) is 13.2 Å². The maximum atomic E-state index is 11.7. The fourth-order valence-electron chi connectivity index (χ4n) is 2.10. The SMILES string of the molecule is CCC(COC)NC(=O)NC1CCC(O)CC1. The van der Waals surface area contributed by atoms with Crippen LogP contribution in [0.25, 0.3) is 0 Å². The molecule has 5 heteroatoms. The molecule has 1 aliphatic rings. The molecule has 0 aromatic rings. The molecule has 1 unspecified atom stereocenters. The predicted molar refractivity (Wildman–Crippen MR) is 65.9 cm³/mol. The highest BCUT2D eigenvalue weighted by Gasteiger charge is 2.21. The summed E-state index contributed by atoms with van der Waals surface area (Å²) in [6.45, 7) is 2.55. The Bertz CT molecular complexity index is 228. The number of rotatable bonds is 5. The van der Waals surface area contributed by atoms with Crippen molar-refractivity contribution in [2.75, 3.05) is 13.7 Å². The number of carbonyl (C=O) groups excluding carboxylic acids is 1. The summed E-state index contributed by atoms with van der Waals surface area (Å²) in [7, 11) is 1.63. The van der Waals surface area contributed by atoms with Crippen LogP contribution < -0.4 is 10.6 Å². The first-order valence-corrected chi connectivity index (χ1v) is 6.39. The van der Waals surface area contributed by atoms with Crippen molar-refractivity contribution in [3.63, 3.8) is 0 Å². The molecule has 1 atom stereocenters. The van der Waals surface area contributed by atoms with Gasteiger partial charge >= 0.3 is 6.03 Å². The van der Waals surface area contributed by atoms with Crippen LogP contribution >= 0.6 is 0 Å². The lowest BCUT2D eigenvalue weighted by Gasteiger charge is -2.27. The van der Waals surface area contributed by atoms with Gasteiger partial charge in [-0.25, -0.2) is 4.79 Å². The van der Waals surface area contributed by atoms with E-state index in [1.54, 1.807) is 7.11 Å². The van der Waals surface area contributed by atoms with Crippen molar-refractivity contribution in [2.24, 2.45) is 0 Å². The molecule has 0 aromatic carbocycles. The second-order valence-corrected chi connectivity index (χ2v) is 4.68. The molecule has 2 amide bonds. The Balaban J connectivity index is 2.24. The van der Waals surface area contributed by atoms with Crippen LogP contribution in [0.4, 0.5) is 4.79 Å². The number of aliphatic hydroxyl groups excluding tert-OH is 1. The van der Waals surface area contributed by atoms with Gasteiger partial charge in [-0.2, -0.15) is 0 Å². The number of urea groups is 1. The molecule has 0 radical (unpaired) electrons. The number of methoxy groups -OCH3 is 1. The van der Waals surface area contributed by atoms with Gasteiger partial charge in [-0.3, -0.25) is 0 Å². The Morgan fingerprint density at radius 2 is 2.06 bits per heavy atom. The largest absolute Gasteiger partial charge is 0.393 e. The van der Waals surface area contributed by atoms with Crippen LogP contribution in [0, 0.1) is 0 Å². The van der Waals surface area contributed by atoms with Crippen molar-refractivity contribution in [2.45, 2.75) is 57.2 Å². The summed E-state index contributed by atoms with van der Waals surface area (Å²) >= 11 is 0. The van der Waals surface area contributed by atoms with E-state index in [1.165, 1.54) is 0 Å². The fraction of sp³-hybridized carbons (Fsp3) is 0.917. The molecule has 0 aromatic heterocycles. The van der Waals surface area contributed by atoms with E-state index >= 15 is 0 Å². The van der Waals surface area contributed by atoms with Crippen LogP contribution in [0.5, 0.6) is 0 Å². The lowest BCUT2D eigenvalue weighted by molar-refractivity contribution is 0.117. The first-order valence-electron chi connectivity index (χ1n) is 6.39. The van der Waals surface area contributed by atoms with Gasteiger partial charge in [-0.15, -0.1) is 0 Å². The summed E-state index contributed by atoms with van der Waals surface area (Å²) in [5.74, 6) is 0. The summed E-state index contributed by atoms with van der Waals surface area (Å²) in [4.78, 5) is 11.7. The molecule has 0 aliphatic heterocycles. The number of ether oxygens (including phenoxy) is 1. The van der Waals surface area contributed by atoms with Gasteiger partial charge in [0.15, 0.2) is 0 Å². The number of hydrogen-bond donors (Lipinski definition) is 3. The van der Waals surface area contributed by atoms with Crippen LogP contribution in [0.3, 0.4) is 0 Å². The van der Waals surface area contributed by atoms with Crippen molar-refractivity contribution < 1.29 is 14.6 Å². The highest BCUT2D eigenvalue weighted by Crippen LogP contribution is 2.18. The summed E-state index contributed by atoms with van der Waals surface area (Å²) in [5, 5.41) is 15.2. The third-order valence-electron chi connectivity index (χ3n) is 3.23. The lowest BCUT2D eigenvalue weighted by Crippen LogP contribution is -2.48. The Kier molecular flexibility index (Phi) is 6.29. The van der Waals surface area contributed by atoms with Crippen molar-refractivity contribution in [3.05, 3.63) is 0 Å². The fourth-order valence-corrected chi connectivity index (χ4v) is 2.10. The smallest absolute Gasteiger partial charge is 0.315 e. The number of carbonyl (C=O) groups is 1. The molecule has 1 saturated carbocycles. The average molecular weight is 244 g/mol. The van der Waals surface area contributed by atoms with Crippen LogP contribution in [-0.4, -0.2) is 43.0 Å². The van der Waals surface area contributed by atoms with E-state index in [0.29, 0.717) is 6.61 Å². The van der Waals surface area contributed by atoms with E-state index in [4.69, 9.17) is 4.74 Å². The van der Waals surface area contributed by atoms with E-state index in [9.17, 15) is 9.90 Å². The summed E-state index contributed by atoms with van der Waals surface area (Å²) in [6, 6.07) is 0.128. The Hall–Kier alpha value is -0.810. The molecule has 0 bridgehead atoms. The molecule has 17 heavy (non-hydrogen) atoms. The molecule has 0 heterocycles. The van der Waals surface area contributed by atoms with Crippen molar-refractivity contribution in [1.29, 1.82) is 0 Å². The molecule has 1 fully saturated rings.